The van der Waals surface area contributed by atoms with Crippen LogP contribution in [0.1, 0.15) is 45.6 Å². The molecule has 1 N–H and O–H groups in total. The highest BCUT2D eigenvalue weighted by molar-refractivity contribution is 8.00. The molecule has 0 spiro atoms. The molecule has 0 unspecified atom stereocenters. The van der Waals surface area contributed by atoms with Gasteiger partial charge in [-0.25, -0.2) is 4.79 Å². The predicted octanol–water partition coefficient (Wildman–Crippen LogP) is 6.72. The molecule has 1 amide bonds. The first-order valence-corrected chi connectivity index (χ1v) is 16.3. The minimum absolute atomic E-state index is 0.00335. The number of aliphatic hydroxyl groups excluding tert-OH is 1. The number of hydrogen-bond acceptors (Lipinski definition) is 10. The van der Waals surface area contributed by atoms with Crippen LogP contribution in [0.4, 0.5) is 5.13 Å². The molecule has 7 rings (SSSR count). The lowest BCUT2D eigenvalue weighted by atomic mass is 9.94. The Labute approximate surface area is 272 Å². The number of amides is 1. The number of methoxy groups -OCH3 is 1. The van der Waals surface area contributed by atoms with E-state index >= 15 is 0 Å². The van der Waals surface area contributed by atoms with Crippen LogP contribution in [0, 0.1) is 0 Å². The van der Waals surface area contributed by atoms with Gasteiger partial charge in [0.15, 0.2) is 4.34 Å². The van der Waals surface area contributed by atoms with Crippen molar-refractivity contribution in [2.45, 2.75) is 35.6 Å². The third-order valence-corrected chi connectivity index (χ3v) is 10.2. The molecule has 0 bridgehead atoms. The van der Waals surface area contributed by atoms with Gasteiger partial charge in [-0.15, -0.1) is 10.2 Å². The average Bonchev–Trinajstić information content (AvgIpc) is 3.77. The summed E-state index contributed by atoms with van der Waals surface area (Å²) >= 11 is 2.68. The van der Waals surface area contributed by atoms with Gasteiger partial charge in [0, 0.05) is 17.7 Å². The van der Waals surface area contributed by atoms with Crippen molar-refractivity contribution in [3.63, 3.8) is 0 Å². The summed E-state index contributed by atoms with van der Waals surface area (Å²) in [5, 5.41) is 22.8. The Kier molecular flexibility index (Phi) is 7.79. The average molecular weight is 650 g/mol. The molecule has 3 heterocycles. The summed E-state index contributed by atoms with van der Waals surface area (Å²) in [6.07, 6.45) is 0.657. The number of carbonyl (C=O) groups is 3. The number of hydrogen-bond donors (Lipinski definition) is 1. The first-order valence-electron chi connectivity index (χ1n) is 14.5. The fraction of sp³-hybridized carbons (Fsp3) is 0.171. The van der Waals surface area contributed by atoms with E-state index in [1.807, 2.05) is 25.1 Å². The summed E-state index contributed by atoms with van der Waals surface area (Å²) in [5.74, 6) is -1.14. The number of rotatable bonds is 7. The summed E-state index contributed by atoms with van der Waals surface area (Å²) in [5.41, 5.74) is 3.17. The number of thioether (sulfide) groups is 1. The topological polar surface area (TPSA) is 119 Å². The number of fused-ring (bicyclic) bond motifs is 2. The van der Waals surface area contributed by atoms with Crippen LogP contribution < -0.4 is 9.64 Å². The molecule has 0 aliphatic carbocycles. The van der Waals surface area contributed by atoms with Gasteiger partial charge in [-0.3, -0.25) is 14.5 Å². The lowest BCUT2D eigenvalue weighted by Gasteiger charge is -2.22. The van der Waals surface area contributed by atoms with Crippen molar-refractivity contribution < 1.29 is 29.0 Å². The zero-order chi connectivity index (χ0) is 31.9. The summed E-state index contributed by atoms with van der Waals surface area (Å²) in [7, 11) is 1.29. The molecule has 9 nitrogen and oxygen atoms in total. The van der Waals surface area contributed by atoms with Crippen molar-refractivity contribution in [2.75, 3.05) is 12.0 Å². The number of ketones is 1. The highest BCUT2D eigenvalue weighted by atomic mass is 32.2. The van der Waals surface area contributed by atoms with Crippen LogP contribution in [0.2, 0.25) is 0 Å². The van der Waals surface area contributed by atoms with Crippen LogP contribution in [-0.2, 0) is 26.5 Å². The first kappa shape index (κ1) is 29.7. The van der Waals surface area contributed by atoms with E-state index in [0.29, 0.717) is 33.2 Å². The largest absolute Gasteiger partial charge is 0.507 e. The molecular weight excluding hydrogens is 623 g/mol. The highest BCUT2D eigenvalue weighted by Crippen LogP contribution is 2.45. The monoisotopic (exact) mass is 649 g/mol. The highest BCUT2D eigenvalue weighted by Gasteiger charge is 2.48. The molecular formula is C35H27N3O6S2. The molecule has 2 atom stereocenters. The number of Topliss-reactive ketones (excluding diaryl/α,β-unsaturated/α-hetero) is 1. The SMILES string of the molecule is COC(=O)c1ccc([C@H]2C(=C(O)c3ccc4c(c3)C[C@H](C)O4)C(=O)C(=O)N2c2nnc(SCc3cccc4ccccc34)s2)cc1. The van der Waals surface area contributed by atoms with Crippen LogP contribution in [-0.4, -0.2) is 46.2 Å². The lowest BCUT2D eigenvalue weighted by Crippen LogP contribution is -2.29. The third kappa shape index (κ3) is 5.31. The maximum atomic E-state index is 13.7. The van der Waals surface area contributed by atoms with E-state index in [1.54, 1.807) is 42.5 Å². The van der Waals surface area contributed by atoms with Crippen LogP contribution in [0.5, 0.6) is 5.75 Å². The van der Waals surface area contributed by atoms with Crippen molar-refractivity contribution in [2.24, 2.45) is 0 Å². The van der Waals surface area contributed by atoms with Crippen LogP contribution in [0.25, 0.3) is 16.5 Å². The van der Waals surface area contributed by atoms with Crippen molar-refractivity contribution in [3.05, 3.63) is 118 Å². The quantitative estimate of drug-likeness (QED) is 0.0512. The first-order chi connectivity index (χ1) is 22.3. The van der Waals surface area contributed by atoms with Gasteiger partial charge < -0.3 is 14.6 Å². The van der Waals surface area contributed by atoms with E-state index in [0.717, 1.165) is 27.6 Å². The minimum atomic E-state index is -1.01. The van der Waals surface area contributed by atoms with Gasteiger partial charge in [0.05, 0.1) is 24.3 Å². The summed E-state index contributed by atoms with van der Waals surface area (Å²) in [6.45, 7) is 1.96. The van der Waals surface area contributed by atoms with Crippen LogP contribution >= 0.6 is 23.1 Å². The Morgan fingerprint density at radius 1 is 1.02 bits per heavy atom. The molecule has 1 saturated heterocycles. The maximum Gasteiger partial charge on any atom is 0.337 e. The van der Waals surface area contributed by atoms with Gasteiger partial charge in [0.25, 0.3) is 5.78 Å². The molecule has 4 aromatic carbocycles. The fourth-order valence-electron chi connectivity index (χ4n) is 5.91. The van der Waals surface area contributed by atoms with E-state index in [-0.39, 0.29) is 22.6 Å². The molecule has 2 aliphatic heterocycles. The fourth-order valence-corrected chi connectivity index (χ4v) is 7.78. The minimum Gasteiger partial charge on any atom is -0.507 e. The molecule has 230 valence electrons. The lowest BCUT2D eigenvalue weighted by molar-refractivity contribution is -0.132. The number of carbonyl (C=O) groups excluding carboxylic acids is 3. The number of aliphatic hydroxyl groups is 1. The standard InChI is InChI=1S/C35H27N3O6S2/c1-19-16-25-17-23(14-15-27(25)44-19)30(39)28-29(21-10-12-22(13-11-21)33(42)43-2)38(32(41)31(28)40)34-36-37-35(46-34)45-18-24-8-5-7-20-6-3-4-9-26(20)24/h3-15,17,19,29,39H,16,18H2,1-2H3/t19-,29-/m0/s1. The number of aromatic nitrogens is 2. The second kappa shape index (κ2) is 12.1. The van der Waals surface area contributed by atoms with Gasteiger partial charge in [-0.05, 0) is 64.7 Å². The molecule has 0 saturated carbocycles. The Balaban J connectivity index is 1.26. The van der Waals surface area contributed by atoms with E-state index in [2.05, 4.69) is 34.5 Å². The van der Waals surface area contributed by atoms with Gasteiger partial charge in [-0.1, -0.05) is 77.7 Å². The van der Waals surface area contributed by atoms with Crippen molar-refractivity contribution in [3.8, 4) is 5.75 Å². The number of benzene rings is 4. The van der Waals surface area contributed by atoms with Crippen molar-refractivity contribution in [1.29, 1.82) is 0 Å². The molecule has 1 aromatic heterocycles. The normalized spacial score (nSPS) is 18.5. The van der Waals surface area contributed by atoms with Crippen molar-refractivity contribution in [1.82, 2.24) is 10.2 Å². The zero-order valence-electron chi connectivity index (χ0n) is 24.8. The second-order valence-corrected chi connectivity index (χ2v) is 13.2. The molecule has 0 radical (unpaired) electrons. The van der Waals surface area contributed by atoms with Gasteiger partial charge in [-0.2, -0.15) is 0 Å². The summed E-state index contributed by atoms with van der Waals surface area (Å²) < 4.78 is 11.3. The zero-order valence-corrected chi connectivity index (χ0v) is 26.4. The smallest absolute Gasteiger partial charge is 0.337 e. The van der Waals surface area contributed by atoms with Crippen molar-refractivity contribution >= 4 is 62.4 Å². The number of esters is 1. The van der Waals surface area contributed by atoms with Gasteiger partial charge in [0.2, 0.25) is 5.13 Å². The molecule has 46 heavy (non-hydrogen) atoms. The van der Waals surface area contributed by atoms with Gasteiger partial charge >= 0.3 is 11.9 Å². The number of ether oxygens (including phenoxy) is 2. The predicted molar refractivity (Wildman–Crippen MR) is 176 cm³/mol. The Morgan fingerprint density at radius 3 is 2.59 bits per heavy atom. The third-order valence-electron chi connectivity index (χ3n) is 8.09. The summed E-state index contributed by atoms with van der Waals surface area (Å²) in [6, 6.07) is 24.9. The van der Waals surface area contributed by atoms with E-state index in [4.69, 9.17) is 9.47 Å². The van der Waals surface area contributed by atoms with Gasteiger partial charge in [0.1, 0.15) is 17.6 Å². The van der Waals surface area contributed by atoms with Crippen LogP contribution in [0.3, 0.4) is 0 Å². The molecule has 11 heteroatoms. The van der Waals surface area contributed by atoms with Crippen LogP contribution in [0.15, 0.2) is 94.8 Å². The molecule has 5 aromatic rings. The van der Waals surface area contributed by atoms with E-state index in [9.17, 15) is 19.5 Å². The Morgan fingerprint density at radius 2 is 1.78 bits per heavy atom. The molecule has 2 aliphatic rings. The Bertz CT molecular complexity index is 2050. The second-order valence-electron chi connectivity index (χ2n) is 11.0. The van der Waals surface area contributed by atoms with E-state index < -0.39 is 23.7 Å². The molecule has 1 fully saturated rings. The number of anilines is 1. The number of nitrogens with zero attached hydrogens (tertiary/aromatic N) is 3. The maximum absolute atomic E-state index is 13.7. The van der Waals surface area contributed by atoms with E-state index in [1.165, 1.54) is 35.1 Å². The Hall–Kier alpha value is -5.00. The summed E-state index contributed by atoms with van der Waals surface area (Å²) in [4.78, 5) is 40.8.